The standard InChI is InChI=1S/C20H18N2O6S/c1-13-7-8-14(11-15(13)22(25)26)12-18-19(23)21(20(24)29-18)9-10-28-17-6-4-3-5-16(17)27-2/h3-8,11-12H,9-10H2,1-2H3/b18-12-. The average Bonchev–Trinajstić information content (AvgIpc) is 2.96. The predicted octanol–water partition coefficient (Wildman–Crippen LogP) is 4.03. The number of hydrogen-bond donors (Lipinski definition) is 0. The highest BCUT2D eigenvalue weighted by atomic mass is 32.2. The lowest BCUT2D eigenvalue weighted by Gasteiger charge is -2.14. The van der Waals surface area contributed by atoms with Crippen LogP contribution in [-0.4, -0.2) is 41.2 Å². The van der Waals surface area contributed by atoms with Crippen molar-refractivity contribution in [1.29, 1.82) is 0 Å². The van der Waals surface area contributed by atoms with Gasteiger partial charge >= 0.3 is 0 Å². The Bertz CT molecular complexity index is 1000. The van der Waals surface area contributed by atoms with Crippen LogP contribution in [0.3, 0.4) is 0 Å². The van der Waals surface area contributed by atoms with E-state index in [0.717, 1.165) is 16.7 Å². The van der Waals surface area contributed by atoms with Crippen LogP contribution in [0.25, 0.3) is 6.08 Å². The molecule has 0 saturated carbocycles. The first-order chi connectivity index (χ1) is 13.9. The van der Waals surface area contributed by atoms with Gasteiger partial charge in [0.25, 0.3) is 16.8 Å². The maximum absolute atomic E-state index is 12.6. The molecule has 0 atom stereocenters. The van der Waals surface area contributed by atoms with Gasteiger partial charge in [-0.3, -0.25) is 24.6 Å². The molecule has 29 heavy (non-hydrogen) atoms. The molecule has 2 aromatic rings. The number of benzene rings is 2. The highest BCUT2D eigenvalue weighted by molar-refractivity contribution is 8.18. The Morgan fingerprint density at radius 2 is 1.90 bits per heavy atom. The Morgan fingerprint density at radius 3 is 2.59 bits per heavy atom. The molecule has 9 heteroatoms. The summed E-state index contributed by atoms with van der Waals surface area (Å²) in [6.45, 7) is 1.83. The van der Waals surface area contributed by atoms with E-state index < -0.39 is 16.1 Å². The van der Waals surface area contributed by atoms with Gasteiger partial charge in [-0.25, -0.2) is 0 Å². The molecular formula is C20H18N2O6S. The SMILES string of the molecule is COc1ccccc1OCCN1C(=O)S/C(=C\c2ccc(C)c([N+](=O)[O-])c2)C1=O. The second-order valence-corrected chi connectivity index (χ2v) is 7.13. The van der Waals surface area contributed by atoms with E-state index in [1.54, 1.807) is 37.3 Å². The maximum atomic E-state index is 12.6. The number of thioether (sulfide) groups is 1. The van der Waals surface area contributed by atoms with E-state index in [2.05, 4.69) is 0 Å². The molecule has 0 unspecified atom stereocenters. The van der Waals surface area contributed by atoms with Gasteiger partial charge in [0.05, 0.1) is 23.5 Å². The smallest absolute Gasteiger partial charge is 0.293 e. The Morgan fingerprint density at radius 1 is 1.17 bits per heavy atom. The van der Waals surface area contributed by atoms with Crippen molar-refractivity contribution in [3.63, 3.8) is 0 Å². The minimum atomic E-state index is -0.479. The van der Waals surface area contributed by atoms with E-state index >= 15 is 0 Å². The second-order valence-electron chi connectivity index (χ2n) is 6.14. The summed E-state index contributed by atoms with van der Waals surface area (Å²) in [5.74, 6) is 0.624. The lowest BCUT2D eigenvalue weighted by atomic mass is 10.1. The molecular weight excluding hydrogens is 396 g/mol. The van der Waals surface area contributed by atoms with Crippen molar-refractivity contribution in [2.45, 2.75) is 6.92 Å². The number of methoxy groups -OCH3 is 1. The predicted molar refractivity (Wildman–Crippen MR) is 109 cm³/mol. The van der Waals surface area contributed by atoms with Crippen molar-refractivity contribution in [3.05, 3.63) is 68.6 Å². The van der Waals surface area contributed by atoms with Crippen LogP contribution in [0.2, 0.25) is 0 Å². The fourth-order valence-corrected chi connectivity index (χ4v) is 3.61. The summed E-state index contributed by atoms with van der Waals surface area (Å²) in [6, 6.07) is 11.7. The molecule has 3 rings (SSSR count). The number of carbonyl (C=O) groups is 2. The van der Waals surface area contributed by atoms with Crippen molar-refractivity contribution in [1.82, 2.24) is 4.90 Å². The first-order valence-electron chi connectivity index (χ1n) is 8.67. The number of nitrogens with zero attached hydrogens (tertiary/aromatic N) is 2. The van der Waals surface area contributed by atoms with Crippen molar-refractivity contribution in [2.75, 3.05) is 20.3 Å². The van der Waals surface area contributed by atoms with Crippen LogP contribution < -0.4 is 9.47 Å². The fourth-order valence-electron chi connectivity index (χ4n) is 2.74. The molecule has 0 N–H and O–H groups in total. The van der Waals surface area contributed by atoms with E-state index in [9.17, 15) is 19.7 Å². The van der Waals surface area contributed by atoms with Crippen molar-refractivity contribution in [2.24, 2.45) is 0 Å². The third-order valence-corrected chi connectivity index (χ3v) is 5.15. The molecule has 0 aromatic heterocycles. The number of hydrogen-bond acceptors (Lipinski definition) is 7. The van der Waals surface area contributed by atoms with Crippen LogP contribution in [0, 0.1) is 17.0 Å². The first-order valence-corrected chi connectivity index (χ1v) is 9.48. The molecule has 1 fully saturated rings. The van der Waals surface area contributed by atoms with Gasteiger partial charge in [-0.2, -0.15) is 0 Å². The number of nitro groups is 1. The van der Waals surface area contributed by atoms with Gasteiger partial charge in [0.1, 0.15) is 6.61 Å². The minimum absolute atomic E-state index is 0.0387. The Balaban J connectivity index is 1.69. The molecule has 0 radical (unpaired) electrons. The largest absolute Gasteiger partial charge is 0.493 e. The summed E-state index contributed by atoms with van der Waals surface area (Å²) in [5, 5.41) is 10.7. The Kier molecular flexibility index (Phi) is 6.18. The second kappa shape index (κ2) is 8.78. The summed E-state index contributed by atoms with van der Waals surface area (Å²) in [4.78, 5) is 36.7. The van der Waals surface area contributed by atoms with Crippen LogP contribution in [-0.2, 0) is 4.79 Å². The zero-order valence-electron chi connectivity index (χ0n) is 15.8. The molecule has 8 nitrogen and oxygen atoms in total. The summed E-state index contributed by atoms with van der Waals surface area (Å²) >= 11 is 0.797. The zero-order valence-corrected chi connectivity index (χ0v) is 16.6. The molecule has 2 aromatic carbocycles. The number of imide groups is 1. The van der Waals surface area contributed by atoms with Gasteiger partial charge < -0.3 is 9.47 Å². The average molecular weight is 414 g/mol. The Labute approximate surface area is 171 Å². The van der Waals surface area contributed by atoms with E-state index in [-0.39, 0.29) is 23.7 Å². The van der Waals surface area contributed by atoms with Crippen molar-refractivity contribution < 1.29 is 24.0 Å². The van der Waals surface area contributed by atoms with E-state index in [1.165, 1.54) is 19.3 Å². The molecule has 1 saturated heterocycles. The third-order valence-electron chi connectivity index (χ3n) is 4.24. The van der Waals surface area contributed by atoms with Gasteiger partial charge in [-0.15, -0.1) is 0 Å². The molecule has 0 spiro atoms. The molecule has 0 bridgehead atoms. The highest BCUT2D eigenvalue weighted by Crippen LogP contribution is 2.33. The number of nitro benzene ring substituents is 1. The van der Waals surface area contributed by atoms with Crippen LogP contribution in [0.5, 0.6) is 11.5 Å². The van der Waals surface area contributed by atoms with Gasteiger partial charge in [-0.05, 0) is 42.5 Å². The van der Waals surface area contributed by atoms with Crippen molar-refractivity contribution >= 4 is 34.7 Å². The third kappa shape index (κ3) is 4.57. The quantitative estimate of drug-likeness (QED) is 0.383. The van der Waals surface area contributed by atoms with Crippen LogP contribution >= 0.6 is 11.8 Å². The lowest BCUT2D eigenvalue weighted by Crippen LogP contribution is -2.32. The first kappa shape index (κ1) is 20.4. The molecule has 1 aliphatic rings. The maximum Gasteiger partial charge on any atom is 0.293 e. The number of ether oxygens (including phenoxy) is 2. The van der Waals surface area contributed by atoms with Gasteiger partial charge in [-0.1, -0.05) is 24.3 Å². The van der Waals surface area contributed by atoms with E-state index in [4.69, 9.17) is 9.47 Å². The van der Waals surface area contributed by atoms with Crippen LogP contribution in [0.4, 0.5) is 10.5 Å². The minimum Gasteiger partial charge on any atom is -0.493 e. The zero-order chi connectivity index (χ0) is 21.0. The van der Waals surface area contributed by atoms with Gasteiger partial charge in [0, 0.05) is 11.6 Å². The number of para-hydroxylation sites is 2. The van der Waals surface area contributed by atoms with Crippen molar-refractivity contribution in [3.8, 4) is 11.5 Å². The highest BCUT2D eigenvalue weighted by Gasteiger charge is 2.35. The fraction of sp³-hybridized carbons (Fsp3) is 0.200. The monoisotopic (exact) mass is 414 g/mol. The number of carbonyl (C=O) groups excluding carboxylic acids is 2. The summed E-state index contributed by atoms with van der Waals surface area (Å²) < 4.78 is 10.8. The summed E-state index contributed by atoms with van der Waals surface area (Å²) in [5.41, 5.74) is 0.968. The summed E-state index contributed by atoms with van der Waals surface area (Å²) in [6.07, 6.45) is 1.48. The van der Waals surface area contributed by atoms with Gasteiger partial charge in [0.2, 0.25) is 0 Å². The van der Waals surface area contributed by atoms with Crippen LogP contribution in [0.1, 0.15) is 11.1 Å². The van der Waals surface area contributed by atoms with Crippen LogP contribution in [0.15, 0.2) is 47.4 Å². The Hall–Kier alpha value is -3.33. The topological polar surface area (TPSA) is 99.0 Å². The number of amides is 2. The number of rotatable bonds is 7. The molecule has 0 aliphatic carbocycles. The van der Waals surface area contributed by atoms with Gasteiger partial charge in [0.15, 0.2) is 11.5 Å². The van der Waals surface area contributed by atoms with E-state index in [1.807, 2.05) is 6.07 Å². The molecule has 150 valence electrons. The van der Waals surface area contributed by atoms with E-state index in [0.29, 0.717) is 22.6 Å². The molecule has 1 heterocycles. The lowest BCUT2D eigenvalue weighted by molar-refractivity contribution is -0.385. The molecule has 1 aliphatic heterocycles. The normalized spacial score (nSPS) is 15.1. The number of aryl methyl sites for hydroxylation is 1. The molecule has 2 amide bonds. The summed E-state index contributed by atoms with van der Waals surface area (Å²) in [7, 11) is 1.53.